The summed E-state index contributed by atoms with van der Waals surface area (Å²) in [4.78, 5) is 18.6. The van der Waals surface area contributed by atoms with Gasteiger partial charge in [0.05, 0.1) is 5.52 Å². The van der Waals surface area contributed by atoms with Gasteiger partial charge in [0, 0.05) is 32.9 Å². The summed E-state index contributed by atoms with van der Waals surface area (Å²) in [5.41, 5.74) is 5.67. The quantitative estimate of drug-likeness (QED) is 0.334. The van der Waals surface area contributed by atoms with E-state index in [9.17, 15) is 9.18 Å². The first kappa shape index (κ1) is 19.4. The second-order valence-corrected chi connectivity index (χ2v) is 8.61. The minimum absolute atomic E-state index is 0.217. The molecule has 1 amide bonds. The Balaban J connectivity index is 1.73. The predicted molar refractivity (Wildman–Crippen MR) is 126 cm³/mol. The number of para-hydroxylation sites is 1. The van der Waals surface area contributed by atoms with E-state index in [0.717, 1.165) is 37.7 Å². The van der Waals surface area contributed by atoms with Crippen LogP contribution in [-0.4, -0.2) is 10.9 Å². The molecule has 0 aliphatic heterocycles. The molecule has 0 fully saturated rings. The number of pyridine rings is 1. The number of carbonyl (C=O) groups excluding carboxylic acids is 1. The van der Waals surface area contributed by atoms with E-state index in [1.165, 1.54) is 29.0 Å². The molecule has 0 aliphatic rings. The van der Waals surface area contributed by atoms with Crippen molar-refractivity contribution in [3.63, 3.8) is 0 Å². The van der Waals surface area contributed by atoms with Crippen LogP contribution < -0.4 is 5.32 Å². The maximum atomic E-state index is 13.3. The monoisotopic (exact) mass is 426 g/mol. The number of nitrogens with one attached hydrogen (secondary N) is 1. The fourth-order valence-corrected chi connectivity index (χ4v) is 4.97. The Bertz CT molecular complexity index is 1450. The average Bonchev–Trinajstić information content (AvgIpc) is 3.17. The molecule has 3 nitrogen and oxygen atoms in total. The van der Waals surface area contributed by atoms with E-state index < -0.39 is 0 Å². The zero-order valence-corrected chi connectivity index (χ0v) is 17.9. The third-order valence-electron chi connectivity index (χ3n) is 5.53. The number of nitrogens with zero attached hydrogens (tertiary/aromatic N) is 1. The van der Waals surface area contributed by atoms with Crippen LogP contribution in [0.15, 0.2) is 72.9 Å². The van der Waals surface area contributed by atoms with Gasteiger partial charge in [-0.1, -0.05) is 36.4 Å². The number of rotatable bonds is 3. The number of carbonyl (C=O) groups is 1. The molecule has 2 aromatic heterocycles. The molecule has 0 saturated heterocycles. The fraction of sp³-hybridized carbons (Fsp3) is 0.0769. The fourth-order valence-electron chi connectivity index (χ4n) is 3.74. The van der Waals surface area contributed by atoms with Crippen molar-refractivity contribution in [2.45, 2.75) is 13.8 Å². The topological polar surface area (TPSA) is 42.0 Å². The molecule has 5 aromatic rings. The highest BCUT2D eigenvalue weighted by molar-refractivity contribution is 7.22. The van der Waals surface area contributed by atoms with Gasteiger partial charge in [-0.15, -0.1) is 11.3 Å². The number of amides is 1. The summed E-state index contributed by atoms with van der Waals surface area (Å²) in [7, 11) is 0. The van der Waals surface area contributed by atoms with Gasteiger partial charge in [-0.05, 0) is 60.9 Å². The minimum Gasteiger partial charge on any atom is -0.321 e. The van der Waals surface area contributed by atoms with Gasteiger partial charge in [-0.3, -0.25) is 9.78 Å². The van der Waals surface area contributed by atoms with Crippen molar-refractivity contribution in [1.29, 1.82) is 0 Å². The van der Waals surface area contributed by atoms with Gasteiger partial charge in [0.25, 0.3) is 5.91 Å². The number of aromatic nitrogens is 1. The number of aryl methyl sites for hydroxylation is 2. The second kappa shape index (κ2) is 7.60. The minimum atomic E-state index is -0.340. The number of thiophene rings is 1. The summed E-state index contributed by atoms with van der Waals surface area (Å²) in [5, 5.41) is 4.89. The van der Waals surface area contributed by atoms with Crippen molar-refractivity contribution in [3.8, 4) is 11.1 Å². The molecule has 1 N–H and O–H groups in total. The normalized spacial score (nSPS) is 11.2. The molecule has 0 spiro atoms. The lowest BCUT2D eigenvalue weighted by molar-refractivity contribution is 0.103. The number of halogens is 1. The molecule has 5 heteroatoms. The van der Waals surface area contributed by atoms with E-state index >= 15 is 0 Å². The lowest BCUT2D eigenvalue weighted by atomic mass is 9.98. The van der Waals surface area contributed by atoms with E-state index in [4.69, 9.17) is 0 Å². The molecule has 0 atom stereocenters. The first-order chi connectivity index (χ1) is 15.0. The van der Waals surface area contributed by atoms with Gasteiger partial charge in [-0.25, -0.2) is 4.39 Å². The Hall–Kier alpha value is -3.57. The van der Waals surface area contributed by atoms with Crippen LogP contribution in [0.4, 0.5) is 10.1 Å². The third kappa shape index (κ3) is 3.47. The van der Waals surface area contributed by atoms with Crippen LogP contribution in [0.5, 0.6) is 0 Å². The number of fused-ring (bicyclic) bond motifs is 3. The zero-order chi connectivity index (χ0) is 21.5. The van der Waals surface area contributed by atoms with Gasteiger partial charge in [0.1, 0.15) is 10.7 Å². The maximum absolute atomic E-state index is 13.3. The average molecular weight is 427 g/mol. The molecule has 3 aromatic carbocycles. The Labute approximate surface area is 183 Å². The van der Waals surface area contributed by atoms with E-state index in [1.807, 2.05) is 36.5 Å². The van der Waals surface area contributed by atoms with Crippen LogP contribution in [-0.2, 0) is 0 Å². The highest BCUT2D eigenvalue weighted by Gasteiger charge is 2.22. The summed E-state index contributed by atoms with van der Waals surface area (Å²) in [5.74, 6) is -0.557. The molecule has 0 radical (unpaired) electrons. The SMILES string of the molecule is Cc1ccc(-c2c(C(=O)Nc3ccc(F)cc3)sc3c2cnc2ccccc23)cc1C. The maximum Gasteiger partial charge on any atom is 0.266 e. The summed E-state index contributed by atoms with van der Waals surface area (Å²) >= 11 is 1.46. The Morgan fingerprint density at radius 2 is 1.71 bits per heavy atom. The number of anilines is 1. The highest BCUT2D eigenvalue weighted by Crippen LogP contribution is 2.42. The van der Waals surface area contributed by atoms with Crippen molar-refractivity contribution in [1.82, 2.24) is 4.98 Å². The third-order valence-corrected chi connectivity index (χ3v) is 6.77. The first-order valence-electron chi connectivity index (χ1n) is 9.96. The molecule has 31 heavy (non-hydrogen) atoms. The van der Waals surface area contributed by atoms with Crippen LogP contribution in [0, 0.1) is 19.7 Å². The molecule has 152 valence electrons. The number of hydrogen-bond donors (Lipinski definition) is 1. The summed E-state index contributed by atoms with van der Waals surface area (Å²) in [6, 6.07) is 20.0. The molecule has 5 rings (SSSR count). The van der Waals surface area contributed by atoms with Crippen LogP contribution in [0.2, 0.25) is 0 Å². The summed E-state index contributed by atoms with van der Waals surface area (Å²) in [6.07, 6.45) is 1.85. The Morgan fingerprint density at radius 3 is 2.48 bits per heavy atom. The van der Waals surface area contributed by atoms with E-state index in [-0.39, 0.29) is 11.7 Å². The van der Waals surface area contributed by atoms with E-state index in [0.29, 0.717) is 10.6 Å². The van der Waals surface area contributed by atoms with Crippen molar-refractivity contribution in [2.24, 2.45) is 0 Å². The molecular formula is C26H19FN2OS. The van der Waals surface area contributed by atoms with E-state index in [1.54, 1.807) is 12.1 Å². The van der Waals surface area contributed by atoms with Crippen molar-refractivity contribution < 1.29 is 9.18 Å². The number of benzene rings is 3. The predicted octanol–water partition coefficient (Wildman–Crippen LogP) is 7.12. The van der Waals surface area contributed by atoms with Gasteiger partial charge in [0.2, 0.25) is 0 Å². The Morgan fingerprint density at radius 1 is 0.935 bits per heavy atom. The molecule has 0 aliphatic carbocycles. The van der Waals surface area contributed by atoms with Crippen molar-refractivity contribution >= 4 is 43.9 Å². The van der Waals surface area contributed by atoms with Gasteiger partial charge in [-0.2, -0.15) is 0 Å². The Kier molecular flexibility index (Phi) is 4.75. The molecule has 0 saturated carbocycles. The summed E-state index contributed by atoms with van der Waals surface area (Å²) < 4.78 is 14.3. The van der Waals surface area contributed by atoms with Crippen LogP contribution in [0.1, 0.15) is 20.8 Å². The van der Waals surface area contributed by atoms with E-state index in [2.05, 4.69) is 36.3 Å². The lowest BCUT2D eigenvalue weighted by Crippen LogP contribution is -2.11. The zero-order valence-electron chi connectivity index (χ0n) is 17.1. The first-order valence-corrected chi connectivity index (χ1v) is 10.8. The smallest absolute Gasteiger partial charge is 0.266 e. The van der Waals surface area contributed by atoms with Gasteiger partial charge < -0.3 is 5.32 Å². The van der Waals surface area contributed by atoms with Crippen molar-refractivity contribution in [2.75, 3.05) is 5.32 Å². The lowest BCUT2D eigenvalue weighted by Gasteiger charge is -2.09. The molecule has 0 bridgehead atoms. The highest BCUT2D eigenvalue weighted by atomic mass is 32.1. The largest absolute Gasteiger partial charge is 0.321 e. The standard InChI is InChI=1S/C26H19FN2OS/c1-15-7-8-17(13-16(15)2)23-21-14-28-22-6-4-3-5-20(22)24(21)31-25(23)26(30)29-19-11-9-18(27)10-12-19/h3-14H,1-2H3,(H,29,30). The van der Waals surface area contributed by atoms with Gasteiger partial charge >= 0.3 is 0 Å². The molecule has 2 heterocycles. The van der Waals surface area contributed by atoms with Crippen LogP contribution in [0.3, 0.4) is 0 Å². The second-order valence-electron chi connectivity index (χ2n) is 7.58. The number of hydrogen-bond acceptors (Lipinski definition) is 3. The van der Waals surface area contributed by atoms with Gasteiger partial charge in [0.15, 0.2) is 0 Å². The van der Waals surface area contributed by atoms with Crippen LogP contribution >= 0.6 is 11.3 Å². The molecule has 0 unspecified atom stereocenters. The molecular weight excluding hydrogens is 407 g/mol. The van der Waals surface area contributed by atoms with Crippen molar-refractivity contribution in [3.05, 3.63) is 94.7 Å². The summed E-state index contributed by atoms with van der Waals surface area (Å²) in [6.45, 7) is 4.14. The van der Waals surface area contributed by atoms with Crippen LogP contribution in [0.25, 0.3) is 32.1 Å².